The predicted molar refractivity (Wildman–Crippen MR) is 81.0 cm³/mol. The van der Waals surface area contributed by atoms with E-state index in [0.717, 1.165) is 6.42 Å². The second-order valence-corrected chi connectivity index (χ2v) is 6.73. The summed E-state index contributed by atoms with van der Waals surface area (Å²) < 4.78 is 5.54. The van der Waals surface area contributed by atoms with Gasteiger partial charge in [0.2, 0.25) is 0 Å². The van der Waals surface area contributed by atoms with Gasteiger partial charge >= 0.3 is 0 Å². The van der Waals surface area contributed by atoms with Crippen molar-refractivity contribution in [2.24, 2.45) is 11.1 Å². The van der Waals surface area contributed by atoms with Crippen molar-refractivity contribution in [3.8, 4) is 5.75 Å². The first-order valence-electron chi connectivity index (χ1n) is 7.08. The number of ether oxygens (including phenoxy) is 1. The number of pyridine rings is 1. The van der Waals surface area contributed by atoms with Gasteiger partial charge in [-0.05, 0) is 31.7 Å². The summed E-state index contributed by atoms with van der Waals surface area (Å²) in [4.78, 5) is 16.3. The number of ketones is 1. The first-order valence-corrected chi connectivity index (χ1v) is 7.08. The van der Waals surface area contributed by atoms with Crippen LogP contribution in [0.3, 0.4) is 0 Å². The number of hydrogen-bond acceptors (Lipinski definition) is 4. The van der Waals surface area contributed by atoms with Gasteiger partial charge in [-0.1, -0.05) is 20.8 Å². The van der Waals surface area contributed by atoms with E-state index in [2.05, 4.69) is 25.8 Å². The Morgan fingerprint density at radius 1 is 1.35 bits per heavy atom. The second kappa shape index (κ2) is 6.84. The van der Waals surface area contributed by atoms with Gasteiger partial charge in [0, 0.05) is 24.2 Å². The highest BCUT2D eigenvalue weighted by Gasteiger charge is 2.19. The predicted octanol–water partition coefficient (Wildman–Crippen LogP) is 3.21. The lowest BCUT2D eigenvalue weighted by Crippen LogP contribution is -2.29. The highest BCUT2D eigenvalue weighted by Crippen LogP contribution is 2.22. The first kappa shape index (κ1) is 16.6. The molecule has 112 valence electrons. The fourth-order valence-corrected chi connectivity index (χ4v) is 2.12. The molecule has 0 fully saturated rings. The van der Waals surface area contributed by atoms with Crippen LogP contribution in [0.25, 0.3) is 0 Å². The van der Waals surface area contributed by atoms with Crippen LogP contribution in [0.5, 0.6) is 5.75 Å². The summed E-state index contributed by atoms with van der Waals surface area (Å²) in [6.07, 6.45) is 4.40. The van der Waals surface area contributed by atoms with E-state index in [1.165, 1.54) is 0 Å². The van der Waals surface area contributed by atoms with Gasteiger partial charge in [-0.25, -0.2) is 0 Å². The van der Waals surface area contributed by atoms with Crippen LogP contribution in [0.15, 0.2) is 18.5 Å². The van der Waals surface area contributed by atoms with E-state index in [1.54, 1.807) is 18.5 Å². The van der Waals surface area contributed by atoms with E-state index in [-0.39, 0.29) is 23.3 Å². The summed E-state index contributed by atoms with van der Waals surface area (Å²) >= 11 is 0. The molecular formula is C16H26N2O2. The molecule has 0 aliphatic rings. The van der Waals surface area contributed by atoms with Gasteiger partial charge in [0.25, 0.3) is 0 Å². The molecule has 1 aromatic rings. The molecule has 0 aromatic carbocycles. The van der Waals surface area contributed by atoms with Gasteiger partial charge in [0.05, 0.1) is 12.3 Å². The Kier molecular flexibility index (Phi) is 5.69. The minimum absolute atomic E-state index is 0.0171. The van der Waals surface area contributed by atoms with Crippen LogP contribution in [0.4, 0.5) is 0 Å². The molecule has 1 atom stereocenters. The van der Waals surface area contributed by atoms with Crippen LogP contribution in [-0.4, -0.2) is 22.9 Å². The zero-order chi connectivity index (χ0) is 15.3. The van der Waals surface area contributed by atoms with Gasteiger partial charge in [0.1, 0.15) is 5.75 Å². The van der Waals surface area contributed by atoms with Gasteiger partial charge in [0.15, 0.2) is 5.78 Å². The minimum Gasteiger partial charge on any atom is -0.489 e. The Hall–Kier alpha value is -1.42. The zero-order valence-electron chi connectivity index (χ0n) is 13.1. The smallest absolute Gasteiger partial charge is 0.166 e. The van der Waals surface area contributed by atoms with Crippen LogP contribution in [0.2, 0.25) is 0 Å². The number of hydrogen-bond donors (Lipinski definition) is 1. The monoisotopic (exact) mass is 278 g/mol. The number of nitrogens with two attached hydrogens (primary N) is 1. The number of rotatable bonds is 6. The molecule has 1 rings (SSSR count). The molecule has 0 aliphatic heterocycles. The molecule has 0 bridgehead atoms. The largest absolute Gasteiger partial charge is 0.489 e. The molecule has 20 heavy (non-hydrogen) atoms. The maximum Gasteiger partial charge on any atom is 0.166 e. The summed E-state index contributed by atoms with van der Waals surface area (Å²) in [6.45, 7) is 10.2. The van der Waals surface area contributed by atoms with Crippen LogP contribution >= 0.6 is 0 Å². The van der Waals surface area contributed by atoms with Crippen molar-refractivity contribution in [3.63, 3.8) is 0 Å². The van der Waals surface area contributed by atoms with E-state index < -0.39 is 0 Å². The average Bonchev–Trinajstić information content (AvgIpc) is 2.25. The molecule has 0 saturated carbocycles. The molecule has 1 aromatic heterocycles. The highest BCUT2D eigenvalue weighted by molar-refractivity contribution is 5.96. The molecule has 4 heteroatoms. The van der Waals surface area contributed by atoms with E-state index in [0.29, 0.717) is 17.7 Å². The van der Waals surface area contributed by atoms with Crippen molar-refractivity contribution in [3.05, 3.63) is 24.0 Å². The summed E-state index contributed by atoms with van der Waals surface area (Å²) in [5, 5.41) is 0. The number of carbonyl (C=O) groups excluding carboxylic acids is 1. The number of Topliss-reactive ketones (excluding diaryl/α,β-unsaturated/α-hetero) is 1. The third kappa shape index (κ3) is 6.15. The quantitative estimate of drug-likeness (QED) is 0.811. The SMILES string of the molecule is CC(C)Oc1cncc(C(=O)CC(N)CC(C)(C)C)c1. The van der Waals surface area contributed by atoms with Crippen LogP contribution in [0, 0.1) is 5.41 Å². The molecule has 4 nitrogen and oxygen atoms in total. The molecule has 1 heterocycles. The lowest BCUT2D eigenvalue weighted by Gasteiger charge is -2.22. The Labute approximate surface area is 121 Å². The van der Waals surface area contributed by atoms with E-state index in [1.807, 2.05) is 13.8 Å². The third-order valence-electron chi connectivity index (χ3n) is 2.73. The molecule has 0 aliphatic carbocycles. The molecule has 0 amide bonds. The Morgan fingerprint density at radius 3 is 2.55 bits per heavy atom. The topological polar surface area (TPSA) is 65.2 Å². The van der Waals surface area contributed by atoms with E-state index >= 15 is 0 Å². The van der Waals surface area contributed by atoms with Gasteiger partial charge in [-0.3, -0.25) is 9.78 Å². The van der Waals surface area contributed by atoms with Crippen LogP contribution < -0.4 is 10.5 Å². The maximum absolute atomic E-state index is 12.2. The summed E-state index contributed by atoms with van der Waals surface area (Å²) in [7, 11) is 0. The number of nitrogens with zero attached hydrogens (tertiary/aromatic N) is 1. The first-order chi connectivity index (χ1) is 9.17. The van der Waals surface area contributed by atoms with E-state index in [4.69, 9.17) is 10.5 Å². The van der Waals surface area contributed by atoms with Crippen molar-refractivity contribution in [1.29, 1.82) is 0 Å². The lowest BCUT2D eigenvalue weighted by atomic mass is 9.86. The fraction of sp³-hybridized carbons (Fsp3) is 0.625. The molecular weight excluding hydrogens is 252 g/mol. The second-order valence-electron chi connectivity index (χ2n) is 6.73. The molecule has 0 saturated heterocycles. The molecule has 0 radical (unpaired) electrons. The summed E-state index contributed by atoms with van der Waals surface area (Å²) in [6, 6.07) is 1.61. The van der Waals surface area contributed by atoms with E-state index in [9.17, 15) is 4.79 Å². The summed E-state index contributed by atoms with van der Waals surface area (Å²) in [5.41, 5.74) is 6.73. The number of carbonyl (C=O) groups is 1. The van der Waals surface area contributed by atoms with Crippen LogP contribution in [0.1, 0.15) is 57.8 Å². The third-order valence-corrected chi connectivity index (χ3v) is 2.73. The Morgan fingerprint density at radius 2 is 2.00 bits per heavy atom. The van der Waals surface area contributed by atoms with Crippen molar-refractivity contribution >= 4 is 5.78 Å². The van der Waals surface area contributed by atoms with Crippen LogP contribution in [-0.2, 0) is 0 Å². The Bertz CT molecular complexity index is 450. The standard InChI is InChI=1S/C16H26N2O2/c1-11(2)20-14-6-12(9-18-10-14)15(19)7-13(17)8-16(3,4)5/h6,9-11,13H,7-8,17H2,1-5H3. The molecule has 2 N–H and O–H groups in total. The van der Waals surface area contributed by atoms with Crippen molar-refractivity contribution in [1.82, 2.24) is 4.98 Å². The minimum atomic E-state index is -0.128. The number of aromatic nitrogens is 1. The lowest BCUT2D eigenvalue weighted by molar-refractivity contribution is 0.0967. The molecule has 0 spiro atoms. The molecule has 1 unspecified atom stereocenters. The zero-order valence-corrected chi connectivity index (χ0v) is 13.1. The summed E-state index contributed by atoms with van der Waals surface area (Å²) in [5.74, 6) is 0.638. The van der Waals surface area contributed by atoms with Gasteiger partial charge in [-0.2, -0.15) is 0 Å². The van der Waals surface area contributed by atoms with Crippen molar-refractivity contribution in [2.45, 2.75) is 59.6 Å². The Balaban J connectivity index is 2.68. The highest BCUT2D eigenvalue weighted by atomic mass is 16.5. The maximum atomic E-state index is 12.2. The van der Waals surface area contributed by atoms with Gasteiger partial charge < -0.3 is 10.5 Å². The van der Waals surface area contributed by atoms with Gasteiger partial charge in [-0.15, -0.1) is 0 Å². The normalized spacial score (nSPS) is 13.3. The fourth-order valence-electron chi connectivity index (χ4n) is 2.12. The van der Waals surface area contributed by atoms with Crippen molar-refractivity contribution < 1.29 is 9.53 Å². The average molecular weight is 278 g/mol. The van der Waals surface area contributed by atoms with Crippen molar-refractivity contribution in [2.75, 3.05) is 0 Å².